The molecule has 8 heteroatoms. The maximum absolute atomic E-state index is 12.6. The highest BCUT2D eigenvalue weighted by molar-refractivity contribution is 6.05. The van der Waals surface area contributed by atoms with Crippen molar-refractivity contribution >= 4 is 34.5 Å². The normalized spacial score (nSPS) is 10.4. The number of methoxy groups -OCH3 is 2. The van der Waals surface area contributed by atoms with E-state index >= 15 is 0 Å². The Morgan fingerprint density at radius 2 is 1.52 bits per heavy atom. The summed E-state index contributed by atoms with van der Waals surface area (Å²) >= 11 is 0. The third-order valence-electron chi connectivity index (χ3n) is 4.14. The number of anilines is 1. The highest BCUT2D eigenvalue weighted by Gasteiger charge is 2.17. The monoisotopic (exact) mass is 395 g/mol. The van der Waals surface area contributed by atoms with Gasteiger partial charge < -0.3 is 19.2 Å². The van der Waals surface area contributed by atoms with Crippen molar-refractivity contribution < 1.29 is 28.3 Å². The quantitative estimate of drug-likeness (QED) is 0.676. The molecule has 0 saturated carbocycles. The Labute approximate surface area is 165 Å². The van der Waals surface area contributed by atoms with Crippen molar-refractivity contribution in [2.75, 3.05) is 19.5 Å². The lowest BCUT2D eigenvalue weighted by atomic mass is 10.1. The zero-order valence-corrected chi connectivity index (χ0v) is 15.9. The fourth-order valence-corrected chi connectivity index (χ4v) is 2.75. The second-order valence-corrected chi connectivity index (χ2v) is 6.21. The summed E-state index contributed by atoms with van der Waals surface area (Å²) < 4.78 is 14.9. The van der Waals surface area contributed by atoms with Crippen molar-refractivity contribution in [3.05, 3.63) is 75.1 Å². The van der Waals surface area contributed by atoms with Crippen LogP contribution in [0.3, 0.4) is 0 Å². The molecule has 29 heavy (non-hydrogen) atoms. The number of nitrogens with one attached hydrogen (secondary N) is 1. The number of rotatable bonds is 4. The Morgan fingerprint density at radius 3 is 2.10 bits per heavy atom. The van der Waals surface area contributed by atoms with E-state index in [9.17, 15) is 19.2 Å². The molecule has 2 aromatic carbocycles. The minimum absolute atomic E-state index is 0.0427. The number of hydrogen-bond acceptors (Lipinski definition) is 7. The molecule has 0 aliphatic rings. The Balaban J connectivity index is 1.99. The van der Waals surface area contributed by atoms with Gasteiger partial charge in [-0.2, -0.15) is 0 Å². The minimum atomic E-state index is -0.720. The number of carbonyl (C=O) groups excluding carboxylic acids is 3. The van der Waals surface area contributed by atoms with E-state index in [1.54, 1.807) is 18.2 Å². The van der Waals surface area contributed by atoms with Gasteiger partial charge in [0.25, 0.3) is 5.91 Å². The molecule has 1 heterocycles. The van der Waals surface area contributed by atoms with Crippen LogP contribution in [0.15, 0.2) is 51.7 Å². The fourth-order valence-electron chi connectivity index (χ4n) is 2.75. The standard InChI is InChI=1S/C21H17NO7/c1-11-4-5-17-15(6-11)16(23)10-18(29-17)19(24)22-14-8-12(20(25)27-2)7-13(9-14)21(26)28-3/h4-10H,1-3H3,(H,22,24). The van der Waals surface area contributed by atoms with Gasteiger partial charge in [0, 0.05) is 11.8 Å². The summed E-state index contributed by atoms with van der Waals surface area (Å²) in [6, 6.07) is 10.1. The Morgan fingerprint density at radius 1 is 0.897 bits per heavy atom. The molecule has 1 amide bonds. The Hall–Kier alpha value is -3.94. The molecular formula is C21H17NO7. The zero-order valence-electron chi connectivity index (χ0n) is 15.9. The summed E-state index contributed by atoms with van der Waals surface area (Å²) in [4.78, 5) is 48.6. The van der Waals surface area contributed by atoms with Crippen molar-refractivity contribution in [2.45, 2.75) is 6.92 Å². The molecule has 0 saturated heterocycles. The highest BCUT2D eigenvalue weighted by atomic mass is 16.5. The Kier molecular flexibility index (Phi) is 5.45. The second-order valence-electron chi connectivity index (χ2n) is 6.21. The average Bonchev–Trinajstić information content (AvgIpc) is 2.72. The van der Waals surface area contributed by atoms with E-state index in [1.807, 2.05) is 6.92 Å². The van der Waals surface area contributed by atoms with Gasteiger partial charge in [0.15, 0.2) is 11.2 Å². The molecule has 1 N–H and O–H groups in total. The van der Waals surface area contributed by atoms with Crippen LogP contribution in [0, 0.1) is 6.92 Å². The van der Waals surface area contributed by atoms with Crippen LogP contribution < -0.4 is 10.7 Å². The summed E-state index contributed by atoms with van der Waals surface area (Å²) in [6.45, 7) is 1.84. The topological polar surface area (TPSA) is 112 Å². The van der Waals surface area contributed by atoms with Gasteiger partial charge in [-0.3, -0.25) is 9.59 Å². The number of esters is 2. The van der Waals surface area contributed by atoms with E-state index in [0.717, 1.165) is 11.6 Å². The largest absolute Gasteiger partial charge is 0.465 e. The first-order chi connectivity index (χ1) is 13.8. The van der Waals surface area contributed by atoms with Gasteiger partial charge in [0.05, 0.1) is 30.7 Å². The number of ether oxygens (including phenoxy) is 2. The third kappa shape index (κ3) is 4.16. The van der Waals surface area contributed by atoms with E-state index in [1.165, 1.54) is 32.4 Å². The Bertz CT molecular complexity index is 1160. The van der Waals surface area contributed by atoms with Crippen molar-refractivity contribution in [3.63, 3.8) is 0 Å². The first kappa shape index (κ1) is 19.8. The number of aryl methyl sites for hydroxylation is 1. The van der Waals surface area contributed by atoms with Crippen molar-refractivity contribution in [1.29, 1.82) is 0 Å². The maximum Gasteiger partial charge on any atom is 0.337 e. The minimum Gasteiger partial charge on any atom is -0.465 e. The molecule has 0 fully saturated rings. The summed E-state index contributed by atoms with van der Waals surface area (Å²) in [7, 11) is 2.38. The number of amides is 1. The SMILES string of the molecule is COC(=O)c1cc(NC(=O)c2cc(=O)c3cc(C)ccc3o2)cc(C(=O)OC)c1. The number of hydrogen-bond donors (Lipinski definition) is 1. The predicted molar refractivity (Wildman–Crippen MR) is 104 cm³/mol. The predicted octanol–water partition coefficient (Wildman–Crippen LogP) is 2.93. The van der Waals surface area contributed by atoms with E-state index in [4.69, 9.17) is 4.42 Å². The summed E-state index contributed by atoms with van der Waals surface area (Å²) in [6.07, 6.45) is 0. The molecular weight excluding hydrogens is 378 g/mol. The zero-order chi connectivity index (χ0) is 21.1. The molecule has 3 rings (SSSR count). The van der Waals surface area contributed by atoms with Crippen LogP contribution in [-0.2, 0) is 9.47 Å². The number of carbonyl (C=O) groups is 3. The molecule has 0 unspecified atom stereocenters. The van der Waals surface area contributed by atoms with Crippen LogP contribution in [0.1, 0.15) is 36.8 Å². The van der Waals surface area contributed by atoms with Gasteiger partial charge in [-0.25, -0.2) is 9.59 Å². The molecule has 1 aromatic heterocycles. The smallest absolute Gasteiger partial charge is 0.337 e. The van der Waals surface area contributed by atoms with Gasteiger partial charge in [-0.05, 0) is 37.3 Å². The molecule has 3 aromatic rings. The van der Waals surface area contributed by atoms with E-state index in [0.29, 0.717) is 5.39 Å². The highest BCUT2D eigenvalue weighted by Crippen LogP contribution is 2.19. The molecule has 0 aliphatic carbocycles. The lowest BCUT2D eigenvalue weighted by molar-refractivity contribution is 0.0599. The van der Waals surface area contributed by atoms with E-state index < -0.39 is 17.8 Å². The van der Waals surface area contributed by atoms with Crippen molar-refractivity contribution in [2.24, 2.45) is 0 Å². The second kappa shape index (κ2) is 7.97. The number of benzene rings is 2. The summed E-state index contributed by atoms with van der Waals surface area (Å²) in [5.74, 6) is -2.32. The summed E-state index contributed by atoms with van der Waals surface area (Å²) in [5, 5.41) is 2.88. The molecule has 0 spiro atoms. The molecule has 0 bridgehead atoms. The van der Waals surface area contributed by atoms with Gasteiger partial charge in [-0.15, -0.1) is 0 Å². The lowest BCUT2D eigenvalue weighted by Gasteiger charge is -2.09. The first-order valence-corrected chi connectivity index (χ1v) is 8.50. The van der Waals surface area contributed by atoms with Crippen LogP contribution >= 0.6 is 0 Å². The molecule has 0 radical (unpaired) electrons. The van der Waals surface area contributed by atoms with Crippen molar-refractivity contribution in [3.8, 4) is 0 Å². The van der Waals surface area contributed by atoms with Crippen LogP contribution in [0.4, 0.5) is 5.69 Å². The van der Waals surface area contributed by atoms with Crippen LogP contribution in [0.2, 0.25) is 0 Å². The first-order valence-electron chi connectivity index (χ1n) is 8.50. The fraction of sp³-hybridized carbons (Fsp3) is 0.143. The van der Waals surface area contributed by atoms with Crippen LogP contribution in [0.25, 0.3) is 11.0 Å². The van der Waals surface area contributed by atoms with Crippen LogP contribution in [0.5, 0.6) is 0 Å². The van der Waals surface area contributed by atoms with Gasteiger partial charge in [0.1, 0.15) is 5.58 Å². The van der Waals surface area contributed by atoms with Crippen molar-refractivity contribution in [1.82, 2.24) is 0 Å². The molecule has 0 aliphatic heterocycles. The third-order valence-corrected chi connectivity index (χ3v) is 4.14. The van der Waals surface area contributed by atoms with Gasteiger partial charge in [-0.1, -0.05) is 11.6 Å². The molecule has 0 atom stereocenters. The van der Waals surface area contributed by atoms with E-state index in [2.05, 4.69) is 14.8 Å². The molecule has 8 nitrogen and oxygen atoms in total. The van der Waals surface area contributed by atoms with Gasteiger partial charge >= 0.3 is 11.9 Å². The van der Waals surface area contributed by atoms with Crippen LogP contribution in [-0.4, -0.2) is 32.1 Å². The van der Waals surface area contributed by atoms with E-state index in [-0.39, 0.29) is 33.6 Å². The average molecular weight is 395 g/mol. The lowest BCUT2D eigenvalue weighted by Crippen LogP contribution is -2.16. The molecule has 148 valence electrons. The number of fused-ring (bicyclic) bond motifs is 1. The summed E-state index contributed by atoms with van der Waals surface area (Å²) in [5.41, 5.74) is 1.01. The maximum atomic E-state index is 12.6. The van der Waals surface area contributed by atoms with Gasteiger partial charge in [0.2, 0.25) is 0 Å².